The number of likely N-dealkylation sites (tertiary alicyclic amines) is 1. The highest BCUT2D eigenvalue weighted by Gasteiger charge is 2.62. The van der Waals surface area contributed by atoms with Crippen molar-refractivity contribution in [1.29, 1.82) is 0 Å². The van der Waals surface area contributed by atoms with E-state index in [0.717, 1.165) is 4.90 Å². The van der Waals surface area contributed by atoms with Gasteiger partial charge in [0.1, 0.15) is 22.6 Å². The standard InChI is InChI=1S/C25H29FN2O5/c1-6-25(7-2)21(30)28(23(31)27-18-12-10-17(26)11-13-18)22(25)32-19-14-8-16(9-15-19)20(29)33-24(3,4)5/h8-15,22H,6-7H2,1-5H3,(H,27,31). The summed E-state index contributed by atoms with van der Waals surface area (Å²) < 4.78 is 24.6. The van der Waals surface area contributed by atoms with E-state index in [2.05, 4.69) is 5.32 Å². The Labute approximate surface area is 192 Å². The molecule has 1 N–H and O–H groups in total. The zero-order chi connectivity index (χ0) is 24.4. The molecule has 1 aliphatic heterocycles. The van der Waals surface area contributed by atoms with Gasteiger partial charge in [0.15, 0.2) is 6.23 Å². The first kappa shape index (κ1) is 24.2. The van der Waals surface area contributed by atoms with Crippen LogP contribution in [0.25, 0.3) is 0 Å². The van der Waals surface area contributed by atoms with Crippen molar-refractivity contribution in [2.45, 2.75) is 59.3 Å². The van der Waals surface area contributed by atoms with Gasteiger partial charge in [-0.15, -0.1) is 0 Å². The summed E-state index contributed by atoms with van der Waals surface area (Å²) in [7, 11) is 0. The highest BCUT2D eigenvalue weighted by molar-refractivity contribution is 6.07. The number of nitrogens with one attached hydrogen (secondary N) is 1. The molecule has 0 spiro atoms. The molecule has 2 aromatic rings. The monoisotopic (exact) mass is 456 g/mol. The number of imide groups is 1. The molecule has 1 unspecified atom stereocenters. The molecule has 1 aliphatic rings. The molecular weight excluding hydrogens is 427 g/mol. The number of carbonyl (C=O) groups excluding carboxylic acids is 3. The summed E-state index contributed by atoms with van der Waals surface area (Å²) in [6, 6.07) is 11.0. The zero-order valence-electron chi connectivity index (χ0n) is 19.5. The van der Waals surface area contributed by atoms with Crippen LogP contribution in [0.1, 0.15) is 57.8 Å². The van der Waals surface area contributed by atoms with E-state index < -0.39 is 35.1 Å². The van der Waals surface area contributed by atoms with Crippen molar-refractivity contribution < 1.29 is 28.2 Å². The topological polar surface area (TPSA) is 84.9 Å². The van der Waals surface area contributed by atoms with Gasteiger partial charge in [0.05, 0.1) is 5.56 Å². The largest absolute Gasteiger partial charge is 0.469 e. The van der Waals surface area contributed by atoms with Gasteiger partial charge in [-0.1, -0.05) is 13.8 Å². The third-order valence-corrected chi connectivity index (χ3v) is 5.66. The second kappa shape index (κ2) is 9.21. The van der Waals surface area contributed by atoms with Gasteiger partial charge in [-0.3, -0.25) is 4.79 Å². The lowest BCUT2D eigenvalue weighted by Crippen LogP contribution is -2.73. The number of nitrogens with zero attached hydrogens (tertiary/aromatic N) is 1. The van der Waals surface area contributed by atoms with E-state index in [0.29, 0.717) is 29.8 Å². The SMILES string of the molecule is CCC1(CC)C(=O)N(C(=O)Nc2ccc(F)cc2)C1Oc1ccc(C(=O)OC(C)(C)C)cc1. The number of esters is 1. The number of amides is 3. The van der Waals surface area contributed by atoms with Crippen LogP contribution in [0.3, 0.4) is 0 Å². The number of rotatable bonds is 6. The zero-order valence-corrected chi connectivity index (χ0v) is 19.5. The molecule has 0 aliphatic carbocycles. The van der Waals surface area contributed by atoms with Crippen LogP contribution < -0.4 is 10.1 Å². The molecule has 0 bridgehead atoms. The van der Waals surface area contributed by atoms with E-state index in [9.17, 15) is 18.8 Å². The lowest BCUT2D eigenvalue weighted by atomic mass is 9.72. The normalized spacial score (nSPS) is 17.2. The van der Waals surface area contributed by atoms with Crippen LogP contribution >= 0.6 is 0 Å². The van der Waals surface area contributed by atoms with Gasteiger partial charge in [-0.2, -0.15) is 0 Å². The number of hydrogen-bond acceptors (Lipinski definition) is 5. The average molecular weight is 457 g/mol. The summed E-state index contributed by atoms with van der Waals surface area (Å²) in [5.41, 5.74) is -0.728. The minimum atomic E-state index is -0.843. The fourth-order valence-electron chi connectivity index (χ4n) is 3.75. The van der Waals surface area contributed by atoms with E-state index in [-0.39, 0.29) is 5.91 Å². The number of hydrogen-bond donors (Lipinski definition) is 1. The Morgan fingerprint density at radius 1 is 1.03 bits per heavy atom. The molecule has 0 saturated carbocycles. The van der Waals surface area contributed by atoms with Crippen LogP contribution in [-0.4, -0.2) is 34.6 Å². The predicted molar refractivity (Wildman–Crippen MR) is 121 cm³/mol. The van der Waals surface area contributed by atoms with E-state index in [1.54, 1.807) is 45.0 Å². The van der Waals surface area contributed by atoms with Gasteiger partial charge in [-0.05, 0) is 82.1 Å². The van der Waals surface area contributed by atoms with Crippen molar-refractivity contribution in [2.75, 3.05) is 5.32 Å². The molecule has 3 rings (SSSR count). The first-order valence-corrected chi connectivity index (χ1v) is 10.9. The molecule has 7 nitrogen and oxygen atoms in total. The number of anilines is 1. The van der Waals surface area contributed by atoms with E-state index >= 15 is 0 Å². The molecule has 1 heterocycles. The predicted octanol–water partition coefficient (Wildman–Crippen LogP) is 5.37. The Kier molecular flexibility index (Phi) is 6.76. The third-order valence-electron chi connectivity index (χ3n) is 5.66. The van der Waals surface area contributed by atoms with Crippen molar-refractivity contribution in [1.82, 2.24) is 4.90 Å². The minimum absolute atomic E-state index is 0.331. The first-order chi connectivity index (χ1) is 15.5. The maximum atomic E-state index is 13.2. The third kappa shape index (κ3) is 4.99. The summed E-state index contributed by atoms with van der Waals surface area (Å²) >= 11 is 0. The molecular formula is C25H29FN2O5. The summed E-state index contributed by atoms with van der Waals surface area (Å²) in [5.74, 6) is -0.808. The smallest absolute Gasteiger partial charge is 0.338 e. The van der Waals surface area contributed by atoms with Crippen LogP contribution in [0.4, 0.5) is 14.9 Å². The van der Waals surface area contributed by atoms with Crippen molar-refractivity contribution in [3.8, 4) is 5.75 Å². The van der Waals surface area contributed by atoms with Crippen LogP contribution in [0.2, 0.25) is 0 Å². The Hall–Kier alpha value is -3.42. The second-order valence-electron chi connectivity index (χ2n) is 8.97. The van der Waals surface area contributed by atoms with Crippen molar-refractivity contribution in [3.05, 3.63) is 59.9 Å². The van der Waals surface area contributed by atoms with Crippen LogP contribution in [-0.2, 0) is 9.53 Å². The maximum Gasteiger partial charge on any atom is 0.338 e. The molecule has 8 heteroatoms. The number of carbonyl (C=O) groups is 3. The number of β-lactam (4-membered cyclic amide) rings is 1. The molecule has 0 aromatic heterocycles. The Balaban J connectivity index is 1.78. The first-order valence-electron chi connectivity index (χ1n) is 10.9. The van der Waals surface area contributed by atoms with Gasteiger partial charge < -0.3 is 14.8 Å². The molecule has 33 heavy (non-hydrogen) atoms. The maximum absolute atomic E-state index is 13.2. The molecule has 176 valence electrons. The van der Waals surface area contributed by atoms with Crippen LogP contribution in [0, 0.1) is 11.2 Å². The van der Waals surface area contributed by atoms with Gasteiger partial charge in [0.2, 0.25) is 5.91 Å². The van der Waals surface area contributed by atoms with Gasteiger partial charge in [-0.25, -0.2) is 18.9 Å². The Morgan fingerprint density at radius 3 is 2.12 bits per heavy atom. The quantitative estimate of drug-likeness (QED) is 0.467. The fourth-order valence-corrected chi connectivity index (χ4v) is 3.75. The fraction of sp³-hybridized carbons (Fsp3) is 0.400. The highest BCUT2D eigenvalue weighted by atomic mass is 19.1. The minimum Gasteiger partial charge on any atom is -0.469 e. The summed E-state index contributed by atoms with van der Waals surface area (Å²) in [5, 5.41) is 2.61. The number of urea groups is 1. The van der Waals surface area contributed by atoms with Gasteiger partial charge in [0.25, 0.3) is 0 Å². The molecule has 1 fully saturated rings. The van der Waals surface area contributed by atoms with E-state index in [1.807, 2.05) is 13.8 Å². The van der Waals surface area contributed by atoms with E-state index in [1.165, 1.54) is 24.3 Å². The Bertz CT molecular complexity index is 1020. The molecule has 2 aromatic carbocycles. The lowest BCUT2D eigenvalue weighted by molar-refractivity contribution is -0.190. The second-order valence-corrected chi connectivity index (χ2v) is 8.97. The van der Waals surface area contributed by atoms with Crippen molar-refractivity contribution in [2.24, 2.45) is 5.41 Å². The lowest BCUT2D eigenvalue weighted by Gasteiger charge is -2.53. The molecule has 3 amide bonds. The molecule has 0 radical (unpaired) electrons. The number of ether oxygens (including phenoxy) is 2. The summed E-state index contributed by atoms with van der Waals surface area (Å²) in [6.45, 7) is 9.11. The Morgan fingerprint density at radius 2 is 1.61 bits per heavy atom. The van der Waals surface area contributed by atoms with Crippen molar-refractivity contribution in [3.63, 3.8) is 0 Å². The number of halogens is 1. The number of benzene rings is 2. The highest BCUT2D eigenvalue weighted by Crippen LogP contribution is 2.46. The summed E-state index contributed by atoms with van der Waals surface area (Å²) in [6.07, 6.45) is 0.153. The molecule has 1 saturated heterocycles. The van der Waals surface area contributed by atoms with Crippen LogP contribution in [0.15, 0.2) is 48.5 Å². The van der Waals surface area contributed by atoms with Crippen LogP contribution in [0.5, 0.6) is 5.75 Å². The van der Waals surface area contributed by atoms with Crippen molar-refractivity contribution >= 4 is 23.6 Å². The van der Waals surface area contributed by atoms with Gasteiger partial charge in [0, 0.05) is 5.69 Å². The average Bonchev–Trinajstić information content (AvgIpc) is 2.75. The van der Waals surface area contributed by atoms with Gasteiger partial charge >= 0.3 is 12.0 Å². The molecule has 1 atom stereocenters. The summed E-state index contributed by atoms with van der Waals surface area (Å²) in [4.78, 5) is 39.1. The van der Waals surface area contributed by atoms with E-state index in [4.69, 9.17) is 9.47 Å².